The van der Waals surface area contributed by atoms with E-state index in [2.05, 4.69) is 4.74 Å². The summed E-state index contributed by atoms with van der Waals surface area (Å²) in [6.45, 7) is -0.430. The second-order valence-corrected chi connectivity index (χ2v) is 7.08. The second kappa shape index (κ2) is 8.96. The molecule has 0 radical (unpaired) electrons. The lowest BCUT2D eigenvalue weighted by Gasteiger charge is -2.25. The van der Waals surface area contributed by atoms with E-state index in [9.17, 15) is 26.3 Å². The Bertz CT molecular complexity index is 921. The van der Waals surface area contributed by atoms with Gasteiger partial charge in [-0.2, -0.15) is 18.4 Å². The van der Waals surface area contributed by atoms with E-state index in [1.807, 2.05) is 6.07 Å². The minimum absolute atomic E-state index is 0.0270. The quantitative estimate of drug-likeness (QED) is 0.526. The Hall–Kier alpha value is -3.09. The summed E-state index contributed by atoms with van der Waals surface area (Å²) in [6.07, 6.45) is -9.34. The topological polar surface area (TPSA) is 45.5 Å². The van der Waals surface area contributed by atoms with Gasteiger partial charge in [0.05, 0.1) is 18.4 Å². The third-order valence-corrected chi connectivity index (χ3v) is 4.97. The minimum atomic E-state index is -4.83. The lowest BCUT2D eigenvalue weighted by molar-refractivity contribution is -0.275. The Kier molecular flexibility index (Phi) is 6.53. The fourth-order valence-corrected chi connectivity index (χ4v) is 3.51. The Morgan fingerprint density at radius 2 is 1.68 bits per heavy atom. The average Bonchev–Trinajstić information content (AvgIpc) is 3.11. The molecule has 2 unspecified atom stereocenters. The van der Waals surface area contributed by atoms with Crippen molar-refractivity contribution < 1.29 is 35.8 Å². The summed E-state index contributed by atoms with van der Waals surface area (Å²) < 4.78 is 86.4. The van der Waals surface area contributed by atoms with Crippen LogP contribution >= 0.6 is 0 Å². The van der Waals surface area contributed by atoms with Crippen LogP contribution in [0.15, 0.2) is 48.5 Å². The molecule has 0 N–H and O–H groups in total. The van der Waals surface area contributed by atoms with Crippen LogP contribution in [-0.2, 0) is 6.61 Å². The molecular formula is C21H18F6N2O2. The lowest BCUT2D eigenvalue weighted by Crippen LogP contribution is -2.30. The zero-order valence-corrected chi connectivity index (χ0v) is 16.1. The van der Waals surface area contributed by atoms with Crippen LogP contribution in [0.1, 0.15) is 18.4 Å². The number of para-hydroxylation sites is 1. The van der Waals surface area contributed by atoms with Crippen LogP contribution in [0.5, 0.6) is 11.5 Å². The van der Waals surface area contributed by atoms with Crippen LogP contribution in [-0.4, -0.2) is 25.1 Å². The number of hydrogen-bond acceptors (Lipinski definition) is 4. The van der Waals surface area contributed by atoms with Crippen LogP contribution in [0, 0.1) is 17.2 Å². The molecule has 1 heterocycles. The van der Waals surface area contributed by atoms with Crippen molar-refractivity contribution in [2.24, 2.45) is 5.92 Å². The molecule has 0 aromatic heterocycles. The second-order valence-electron chi connectivity index (χ2n) is 7.08. The maximum atomic E-state index is 13.1. The largest absolute Gasteiger partial charge is 0.573 e. The van der Waals surface area contributed by atoms with Gasteiger partial charge in [-0.15, -0.1) is 13.2 Å². The van der Waals surface area contributed by atoms with Crippen molar-refractivity contribution in [3.63, 3.8) is 0 Å². The number of nitrogens with zero attached hydrogens (tertiary/aromatic N) is 2. The third kappa shape index (κ3) is 5.96. The first-order chi connectivity index (χ1) is 14.6. The van der Waals surface area contributed by atoms with Crippen molar-refractivity contribution in [3.8, 4) is 17.6 Å². The molecule has 2 atom stereocenters. The average molecular weight is 444 g/mol. The highest BCUT2D eigenvalue weighted by molar-refractivity contribution is 5.51. The van der Waals surface area contributed by atoms with E-state index in [1.165, 1.54) is 30.3 Å². The van der Waals surface area contributed by atoms with Crippen molar-refractivity contribution in [3.05, 3.63) is 54.1 Å². The molecule has 1 saturated heterocycles. The number of rotatable bonds is 6. The molecular weight excluding hydrogens is 426 g/mol. The number of anilines is 1. The smallest absolute Gasteiger partial charge is 0.489 e. The van der Waals surface area contributed by atoms with Gasteiger partial charge in [0.2, 0.25) is 0 Å². The number of benzene rings is 2. The molecule has 0 saturated carbocycles. The number of nitriles is 1. The molecule has 10 heteroatoms. The standard InChI is InChI=1S/C21H18F6N2O2/c22-20(23,24)15-11-17(9-10-28)29(12-15)16-5-7-18(8-6-16)30-13-14-3-1-2-4-19(14)31-21(25,26)27/h1-8,15,17H,9,11-13H2. The van der Waals surface area contributed by atoms with Crippen LogP contribution < -0.4 is 14.4 Å². The molecule has 0 bridgehead atoms. The Morgan fingerprint density at radius 1 is 1.00 bits per heavy atom. The van der Waals surface area contributed by atoms with E-state index in [0.717, 1.165) is 0 Å². The van der Waals surface area contributed by atoms with Crippen LogP contribution in [0.2, 0.25) is 0 Å². The maximum absolute atomic E-state index is 13.1. The predicted molar refractivity (Wildman–Crippen MR) is 99.4 cm³/mol. The van der Waals surface area contributed by atoms with E-state index >= 15 is 0 Å². The van der Waals surface area contributed by atoms with Gasteiger partial charge in [-0.3, -0.25) is 0 Å². The van der Waals surface area contributed by atoms with Gasteiger partial charge in [-0.1, -0.05) is 18.2 Å². The van der Waals surface area contributed by atoms with Gasteiger partial charge in [-0.05, 0) is 36.8 Å². The van der Waals surface area contributed by atoms with Crippen LogP contribution in [0.25, 0.3) is 0 Å². The molecule has 0 spiro atoms. The molecule has 3 rings (SSSR count). The molecule has 31 heavy (non-hydrogen) atoms. The normalized spacial score (nSPS) is 19.2. The lowest BCUT2D eigenvalue weighted by atomic mass is 10.0. The fourth-order valence-electron chi connectivity index (χ4n) is 3.51. The van der Waals surface area contributed by atoms with Gasteiger partial charge in [0.1, 0.15) is 18.1 Å². The van der Waals surface area contributed by atoms with E-state index in [4.69, 9.17) is 10.00 Å². The van der Waals surface area contributed by atoms with Crippen molar-refractivity contribution in [1.29, 1.82) is 5.26 Å². The summed E-state index contributed by atoms with van der Waals surface area (Å²) in [5.74, 6) is -1.55. The first-order valence-electron chi connectivity index (χ1n) is 9.33. The first kappa shape index (κ1) is 22.6. The summed E-state index contributed by atoms with van der Waals surface area (Å²) in [6, 6.07) is 13.1. The van der Waals surface area contributed by atoms with E-state index in [-0.39, 0.29) is 37.3 Å². The van der Waals surface area contributed by atoms with Crippen LogP contribution in [0.4, 0.5) is 32.0 Å². The van der Waals surface area contributed by atoms with Crippen molar-refractivity contribution in [2.75, 3.05) is 11.4 Å². The van der Waals surface area contributed by atoms with Gasteiger partial charge in [0.25, 0.3) is 0 Å². The summed E-state index contributed by atoms with van der Waals surface area (Å²) in [5, 5.41) is 8.94. The third-order valence-electron chi connectivity index (χ3n) is 4.97. The molecule has 166 valence electrons. The van der Waals surface area contributed by atoms with Gasteiger partial charge in [-0.25, -0.2) is 0 Å². The van der Waals surface area contributed by atoms with Gasteiger partial charge in [0, 0.05) is 23.8 Å². The molecule has 1 aliphatic heterocycles. The van der Waals surface area contributed by atoms with Gasteiger partial charge in [0.15, 0.2) is 0 Å². The molecule has 1 fully saturated rings. The Balaban J connectivity index is 1.68. The zero-order chi connectivity index (χ0) is 22.6. The number of hydrogen-bond donors (Lipinski definition) is 0. The number of halogens is 6. The molecule has 0 amide bonds. The summed E-state index contributed by atoms with van der Waals surface area (Å²) >= 11 is 0. The van der Waals surface area contributed by atoms with E-state index < -0.39 is 24.5 Å². The molecule has 0 aliphatic carbocycles. The van der Waals surface area contributed by atoms with Crippen molar-refractivity contribution >= 4 is 5.69 Å². The van der Waals surface area contributed by atoms with Crippen molar-refractivity contribution in [2.45, 2.75) is 38.0 Å². The highest BCUT2D eigenvalue weighted by Gasteiger charge is 2.47. The Morgan fingerprint density at radius 3 is 2.29 bits per heavy atom. The zero-order valence-electron chi connectivity index (χ0n) is 16.1. The van der Waals surface area contributed by atoms with Gasteiger partial charge < -0.3 is 14.4 Å². The monoisotopic (exact) mass is 444 g/mol. The number of ether oxygens (including phenoxy) is 2. The fraction of sp³-hybridized carbons (Fsp3) is 0.381. The highest BCUT2D eigenvalue weighted by Crippen LogP contribution is 2.40. The van der Waals surface area contributed by atoms with Crippen molar-refractivity contribution in [1.82, 2.24) is 0 Å². The summed E-state index contributed by atoms with van der Waals surface area (Å²) in [4.78, 5) is 1.55. The number of alkyl halides is 6. The van der Waals surface area contributed by atoms with Gasteiger partial charge >= 0.3 is 12.5 Å². The molecule has 2 aromatic carbocycles. The highest BCUT2D eigenvalue weighted by atomic mass is 19.4. The molecule has 4 nitrogen and oxygen atoms in total. The summed E-state index contributed by atoms with van der Waals surface area (Å²) in [7, 11) is 0. The van der Waals surface area contributed by atoms with Crippen LogP contribution in [0.3, 0.4) is 0 Å². The van der Waals surface area contributed by atoms with E-state index in [1.54, 1.807) is 23.1 Å². The summed E-state index contributed by atoms with van der Waals surface area (Å²) in [5.41, 5.74) is 0.700. The first-order valence-corrected chi connectivity index (χ1v) is 9.33. The molecule has 1 aliphatic rings. The Labute approximate surface area is 174 Å². The minimum Gasteiger partial charge on any atom is -0.489 e. The molecule has 2 aromatic rings. The van der Waals surface area contributed by atoms with E-state index in [0.29, 0.717) is 11.4 Å². The maximum Gasteiger partial charge on any atom is 0.573 e. The predicted octanol–water partition coefficient (Wildman–Crippen LogP) is 5.84. The SMILES string of the molecule is N#CCC1CC(C(F)(F)F)CN1c1ccc(OCc2ccccc2OC(F)(F)F)cc1.